The molecule has 0 unspecified atom stereocenters. The smallest absolute Gasteiger partial charge is 0.253 e. The predicted octanol–water partition coefficient (Wildman–Crippen LogP) is 4.70. The first kappa shape index (κ1) is 18.9. The molecule has 140 valence electrons. The molecule has 1 fully saturated rings. The molecule has 0 aliphatic carbocycles. The first-order chi connectivity index (χ1) is 13.0. The molecular formula is C23H26N2O2. The summed E-state index contributed by atoms with van der Waals surface area (Å²) < 4.78 is 0. The van der Waals surface area contributed by atoms with Gasteiger partial charge in [-0.05, 0) is 54.2 Å². The van der Waals surface area contributed by atoms with Crippen LogP contribution in [0.1, 0.15) is 54.1 Å². The lowest BCUT2D eigenvalue weighted by atomic mass is 10.0. The Morgan fingerprint density at radius 2 is 1.74 bits per heavy atom. The van der Waals surface area contributed by atoms with Crippen molar-refractivity contribution >= 4 is 23.6 Å². The average Bonchev–Trinajstić information content (AvgIpc) is 3.21. The predicted molar refractivity (Wildman–Crippen MR) is 110 cm³/mol. The highest BCUT2D eigenvalue weighted by Crippen LogP contribution is 2.17. The van der Waals surface area contributed by atoms with E-state index in [0.717, 1.165) is 31.5 Å². The summed E-state index contributed by atoms with van der Waals surface area (Å²) in [5.74, 6) is 0.306. The van der Waals surface area contributed by atoms with E-state index in [4.69, 9.17) is 0 Å². The van der Waals surface area contributed by atoms with Crippen molar-refractivity contribution in [2.45, 2.75) is 32.6 Å². The van der Waals surface area contributed by atoms with Gasteiger partial charge < -0.3 is 10.2 Å². The highest BCUT2D eigenvalue weighted by molar-refractivity contribution is 6.03. The lowest BCUT2D eigenvalue weighted by Crippen LogP contribution is -2.27. The zero-order chi connectivity index (χ0) is 19.2. The van der Waals surface area contributed by atoms with Crippen molar-refractivity contribution in [1.29, 1.82) is 0 Å². The van der Waals surface area contributed by atoms with Gasteiger partial charge in [0, 0.05) is 30.4 Å². The summed E-state index contributed by atoms with van der Waals surface area (Å²) in [5.41, 5.74) is 3.50. The maximum atomic E-state index is 12.5. The first-order valence-electron chi connectivity index (χ1n) is 9.51. The Hall–Kier alpha value is -2.88. The number of nitrogens with one attached hydrogen (secondary N) is 1. The van der Waals surface area contributed by atoms with Gasteiger partial charge in [-0.1, -0.05) is 44.2 Å². The van der Waals surface area contributed by atoms with Gasteiger partial charge in [-0.2, -0.15) is 0 Å². The van der Waals surface area contributed by atoms with Gasteiger partial charge in [-0.25, -0.2) is 0 Å². The van der Waals surface area contributed by atoms with Crippen molar-refractivity contribution in [3.05, 3.63) is 71.3 Å². The van der Waals surface area contributed by atoms with Gasteiger partial charge in [0.15, 0.2) is 0 Å². The zero-order valence-electron chi connectivity index (χ0n) is 15.9. The third-order valence-electron chi connectivity index (χ3n) is 4.80. The van der Waals surface area contributed by atoms with Crippen LogP contribution >= 0.6 is 0 Å². The van der Waals surface area contributed by atoms with E-state index in [1.807, 2.05) is 17.0 Å². The van der Waals surface area contributed by atoms with Crippen LogP contribution in [-0.4, -0.2) is 29.8 Å². The van der Waals surface area contributed by atoms with Gasteiger partial charge in [0.05, 0.1) is 0 Å². The van der Waals surface area contributed by atoms with Crippen LogP contribution in [0.25, 0.3) is 6.08 Å². The van der Waals surface area contributed by atoms with Crippen LogP contribution in [-0.2, 0) is 4.79 Å². The molecule has 0 aromatic heterocycles. The fraction of sp³-hybridized carbons (Fsp3) is 0.304. The molecule has 0 spiro atoms. The van der Waals surface area contributed by atoms with Crippen LogP contribution in [0.15, 0.2) is 54.6 Å². The largest absolute Gasteiger partial charge is 0.339 e. The lowest BCUT2D eigenvalue weighted by Gasteiger charge is -2.15. The van der Waals surface area contributed by atoms with Gasteiger partial charge in [-0.3, -0.25) is 9.59 Å². The average molecular weight is 362 g/mol. The van der Waals surface area contributed by atoms with Gasteiger partial charge >= 0.3 is 0 Å². The van der Waals surface area contributed by atoms with Crippen molar-refractivity contribution in [3.63, 3.8) is 0 Å². The fourth-order valence-corrected chi connectivity index (χ4v) is 3.18. The second-order valence-electron chi connectivity index (χ2n) is 7.22. The van der Waals surface area contributed by atoms with Crippen molar-refractivity contribution < 1.29 is 9.59 Å². The van der Waals surface area contributed by atoms with Gasteiger partial charge in [0.25, 0.3) is 5.91 Å². The molecule has 3 rings (SSSR count). The van der Waals surface area contributed by atoms with Crippen molar-refractivity contribution in [1.82, 2.24) is 4.90 Å². The second kappa shape index (κ2) is 8.67. The second-order valence-corrected chi connectivity index (χ2v) is 7.22. The maximum Gasteiger partial charge on any atom is 0.253 e. The minimum atomic E-state index is -0.214. The summed E-state index contributed by atoms with van der Waals surface area (Å²) >= 11 is 0. The molecule has 4 heteroatoms. The number of hydrogen-bond acceptors (Lipinski definition) is 2. The number of amides is 2. The van der Waals surface area contributed by atoms with E-state index in [1.165, 1.54) is 11.6 Å². The molecule has 1 aliphatic rings. The van der Waals surface area contributed by atoms with E-state index in [1.54, 1.807) is 30.3 Å². The van der Waals surface area contributed by atoms with Crippen LogP contribution in [0.2, 0.25) is 0 Å². The molecule has 2 aromatic rings. The van der Waals surface area contributed by atoms with Crippen LogP contribution in [0.3, 0.4) is 0 Å². The van der Waals surface area contributed by atoms with Gasteiger partial charge in [-0.15, -0.1) is 0 Å². The molecule has 0 atom stereocenters. The van der Waals surface area contributed by atoms with Gasteiger partial charge in [0.2, 0.25) is 5.91 Å². The summed E-state index contributed by atoms with van der Waals surface area (Å²) in [5, 5.41) is 2.83. The van der Waals surface area contributed by atoms with E-state index >= 15 is 0 Å². The molecule has 1 heterocycles. The molecule has 0 radical (unpaired) electrons. The molecule has 2 aromatic carbocycles. The van der Waals surface area contributed by atoms with Crippen LogP contribution in [0, 0.1) is 0 Å². The molecule has 1 saturated heterocycles. The van der Waals surface area contributed by atoms with E-state index in [2.05, 4.69) is 31.3 Å². The number of nitrogens with zero attached hydrogens (tertiary/aromatic N) is 1. The molecule has 0 saturated carbocycles. The van der Waals surface area contributed by atoms with Crippen molar-refractivity contribution in [2.24, 2.45) is 0 Å². The molecule has 1 aliphatic heterocycles. The Labute approximate surface area is 160 Å². The number of rotatable bonds is 5. The Balaban J connectivity index is 1.62. The number of carbonyl (C=O) groups excluding carboxylic acids is 2. The summed E-state index contributed by atoms with van der Waals surface area (Å²) in [4.78, 5) is 26.5. The topological polar surface area (TPSA) is 49.4 Å². The van der Waals surface area contributed by atoms with Crippen LogP contribution < -0.4 is 5.32 Å². The summed E-state index contributed by atoms with van der Waals surface area (Å²) in [7, 11) is 0. The summed E-state index contributed by atoms with van der Waals surface area (Å²) in [6.07, 6.45) is 5.42. The quantitative estimate of drug-likeness (QED) is 0.784. The SMILES string of the molecule is CC(C)c1ccc(/C=C/C(=O)Nc2cccc(C(=O)N3CCCC3)c2)cc1. The Bertz CT molecular complexity index is 832. The molecule has 0 bridgehead atoms. The molecule has 2 amide bonds. The Kier molecular flexibility index (Phi) is 6.07. The molecule has 1 N–H and O–H groups in total. The van der Waals surface area contributed by atoms with E-state index in [9.17, 15) is 9.59 Å². The summed E-state index contributed by atoms with van der Waals surface area (Å²) in [6.45, 7) is 5.93. The normalized spacial score (nSPS) is 14.1. The Morgan fingerprint density at radius 3 is 2.41 bits per heavy atom. The first-order valence-corrected chi connectivity index (χ1v) is 9.51. The van der Waals surface area contributed by atoms with E-state index in [0.29, 0.717) is 17.2 Å². The standard InChI is InChI=1S/C23H26N2O2/c1-17(2)19-11-8-18(9-12-19)10-13-22(26)24-21-7-5-6-20(16-21)23(27)25-14-3-4-15-25/h5-13,16-17H,3-4,14-15H2,1-2H3,(H,24,26)/b13-10+. The number of likely N-dealkylation sites (tertiary alicyclic amines) is 1. The zero-order valence-corrected chi connectivity index (χ0v) is 15.9. The third-order valence-corrected chi connectivity index (χ3v) is 4.80. The van der Waals surface area contributed by atoms with E-state index < -0.39 is 0 Å². The lowest BCUT2D eigenvalue weighted by molar-refractivity contribution is -0.111. The van der Waals surface area contributed by atoms with Crippen LogP contribution in [0.5, 0.6) is 0 Å². The highest BCUT2D eigenvalue weighted by Gasteiger charge is 2.19. The monoisotopic (exact) mass is 362 g/mol. The van der Waals surface area contributed by atoms with Crippen molar-refractivity contribution in [3.8, 4) is 0 Å². The van der Waals surface area contributed by atoms with Gasteiger partial charge in [0.1, 0.15) is 0 Å². The van der Waals surface area contributed by atoms with Crippen LogP contribution in [0.4, 0.5) is 5.69 Å². The highest BCUT2D eigenvalue weighted by atomic mass is 16.2. The number of hydrogen-bond donors (Lipinski definition) is 1. The molecular weight excluding hydrogens is 336 g/mol. The molecule has 4 nitrogen and oxygen atoms in total. The summed E-state index contributed by atoms with van der Waals surface area (Å²) in [6, 6.07) is 15.3. The molecule has 27 heavy (non-hydrogen) atoms. The van der Waals surface area contributed by atoms with E-state index in [-0.39, 0.29) is 11.8 Å². The number of anilines is 1. The van der Waals surface area contributed by atoms with Crippen molar-refractivity contribution in [2.75, 3.05) is 18.4 Å². The fourth-order valence-electron chi connectivity index (χ4n) is 3.18. The number of carbonyl (C=O) groups is 2. The number of benzene rings is 2. The minimum Gasteiger partial charge on any atom is -0.339 e. The Morgan fingerprint density at radius 1 is 1.04 bits per heavy atom. The third kappa shape index (κ3) is 5.07. The maximum absolute atomic E-state index is 12.5. The minimum absolute atomic E-state index is 0.0318.